The summed E-state index contributed by atoms with van der Waals surface area (Å²) in [5, 5.41) is 10.3. The van der Waals surface area contributed by atoms with Gasteiger partial charge < -0.3 is 10.6 Å². The lowest BCUT2D eigenvalue weighted by molar-refractivity contribution is -0.122. The molecule has 0 saturated heterocycles. The maximum Gasteiger partial charge on any atom is 0.280 e. The second kappa shape index (κ2) is 8.92. The summed E-state index contributed by atoms with van der Waals surface area (Å²) >= 11 is 0. The topological polar surface area (TPSA) is 106 Å². The molecule has 3 saturated carbocycles. The molecule has 0 radical (unpaired) electrons. The van der Waals surface area contributed by atoms with Gasteiger partial charge in [0.05, 0.1) is 17.9 Å². The van der Waals surface area contributed by atoms with E-state index in [4.69, 9.17) is 0 Å². The molecule has 5 rings (SSSR count). The molecule has 3 fully saturated rings. The molecule has 182 valence electrons. The summed E-state index contributed by atoms with van der Waals surface area (Å²) in [4.78, 5) is 41.5. The minimum Gasteiger partial charge on any atom is -0.380 e. The minimum atomic E-state index is -0.640. The largest absolute Gasteiger partial charge is 0.380 e. The molecule has 2 aromatic rings. The minimum absolute atomic E-state index is 0.0118. The third-order valence-corrected chi connectivity index (χ3v) is 8.01. The molecule has 0 aliphatic heterocycles. The molecule has 0 unspecified atom stereocenters. The van der Waals surface area contributed by atoms with Crippen molar-refractivity contribution < 1.29 is 14.0 Å². The third kappa shape index (κ3) is 4.35. The van der Waals surface area contributed by atoms with Gasteiger partial charge in [0.1, 0.15) is 12.1 Å². The molecular weight excluding hydrogens is 437 g/mol. The van der Waals surface area contributed by atoms with Crippen molar-refractivity contribution in [2.75, 3.05) is 5.32 Å². The first-order chi connectivity index (χ1) is 16.0. The van der Waals surface area contributed by atoms with Crippen LogP contribution in [0, 0.1) is 29.1 Å². The van der Waals surface area contributed by atoms with Crippen LogP contribution in [-0.2, 0) is 11.3 Å². The number of carbonyl (C=O) groups is 2. The van der Waals surface area contributed by atoms with Crippen LogP contribution in [0.2, 0.25) is 0 Å². The maximum absolute atomic E-state index is 13.4. The number of hydrogen-bond donors (Lipinski definition) is 2. The first-order valence-corrected chi connectivity index (χ1v) is 11.8. The molecule has 5 atom stereocenters. The van der Waals surface area contributed by atoms with E-state index >= 15 is 0 Å². The van der Waals surface area contributed by atoms with Crippen molar-refractivity contribution >= 4 is 17.4 Å². The van der Waals surface area contributed by atoms with Gasteiger partial charge in [-0.2, -0.15) is 9.49 Å². The summed E-state index contributed by atoms with van der Waals surface area (Å²) in [5.41, 5.74) is 0.704. The van der Waals surface area contributed by atoms with Crippen molar-refractivity contribution in [2.24, 2.45) is 23.2 Å². The summed E-state index contributed by atoms with van der Waals surface area (Å²) in [6.45, 7) is 9.56. The zero-order valence-corrected chi connectivity index (χ0v) is 20.3. The number of fused-ring (bicyclic) bond motifs is 2. The molecule has 0 aromatic carbocycles. The van der Waals surface area contributed by atoms with Crippen molar-refractivity contribution in [1.29, 1.82) is 0 Å². The van der Waals surface area contributed by atoms with Gasteiger partial charge >= 0.3 is 0 Å². The Kier molecular flexibility index (Phi) is 6.31. The van der Waals surface area contributed by atoms with E-state index in [2.05, 4.69) is 41.5 Å². The highest BCUT2D eigenvalue weighted by Gasteiger charge is 2.56. The van der Waals surface area contributed by atoms with E-state index in [0.717, 1.165) is 11.1 Å². The second-order valence-electron chi connectivity index (χ2n) is 10.4. The van der Waals surface area contributed by atoms with Crippen LogP contribution in [-0.4, -0.2) is 32.5 Å². The fraction of sp³-hybridized carbons (Fsp3) is 0.560. The molecule has 34 heavy (non-hydrogen) atoms. The molecule has 3 aliphatic rings. The van der Waals surface area contributed by atoms with Crippen LogP contribution in [0.25, 0.3) is 0 Å². The zero-order chi connectivity index (χ0) is 24.8. The van der Waals surface area contributed by atoms with Crippen molar-refractivity contribution in [3.05, 3.63) is 52.0 Å². The number of nitrogens with zero attached hydrogens (tertiary/aromatic N) is 3. The summed E-state index contributed by atoms with van der Waals surface area (Å²) in [5.74, 6) is 0.153. The average Bonchev–Trinajstić information content (AvgIpc) is 2.76. The lowest BCUT2D eigenvalue weighted by Crippen LogP contribution is -2.58. The Morgan fingerprint density at radius 1 is 1.32 bits per heavy atom. The van der Waals surface area contributed by atoms with Crippen LogP contribution in [0.1, 0.15) is 69.4 Å². The van der Waals surface area contributed by atoms with E-state index in [-0.39, 0.29) is 23.9 Å². The normalized spacial score (nSPS) is 25.7. The van der Waals surface area contributed by atoms with Crippen molar-refractivity contribution in [1.82, 2.24) is 20.1 Å². The Labute approximate surface area is 198 Å². The molecule has 2 aromatic heterocycles. The van der Waals surface area contributed by atoms with Gasteiger partial charge in [0.25, 0.3) is 5.56 Å². The van der Waals surface area contributed by atoms with Gasteiger partial charge in [-0.3, -0.25) is 14.4 Å². The summed E-state index contributed by atoms with van der Waals surface area (Å²) in [6, 6.07) is 2.51. The first kappa shape index (κ1) is 24.0. The van der Waals surface area contributed by atoms with E-state index in [1.54, 1.807) is 13.0 Å². The predicted molar refractivity (Wildman–Crippen MR) is 126 cm³/mol. The van der Waals surface area contributed by atoms with Crippen molar-refractivity contribution in [3.8, 4) is 0 Å². The molecule has 8 nitrogen and oxygen atoms in total. The van der Waals surface area contributed by atoms with Crippen molar-refractivity contribution in [2.45, 2.75) is 66.1 Å². The smallest absolute Gasteiger partial charge is 0.280 e. The molecule has 0 spiro atoms. The molecule has 2 heterocycles. The SMILES string of the molecule is CC(=O)c1c(N[C@@H]2C[C@@H]3C[C@H]([C@H]2C)C3(C)C)cnn(CC(=O)N[C@H](C)c2ccnc(F)c2)c1=O. The number of pyridine rings is 1. The lowest BCUT2D eigenvalue weighted by Gasteiger charge is -2.62. The number of amides is 1. The number of rotatable bonds is 7. The second-order valence-corrected chi connectivity index (χ2v) is 10.4. The number of halogens is 1. The molecule has 2 bridgehead atoms. The van der Waals surface area contributed by atoms with Crippen LogP contribution in [0.4, 0.5) is 10.1 Å². The molecular formula is C25H32FN5O3. The van der Waals surface area contributed by atoms with E-state index < -0.39 is 23.5 Å². The molecule has 3 aliphatic carbocycles. The van der Waals surface area contributed by atoms with Crippen LogP contribution < -0.4 is 16.2 Å². The first-order valence-electron chi connectivity index (χ1n) is 11.8. The highest BCUT2D eigenvalue weighted by atomic mass is 19.1. The van der Waals surface area contributed by atoms with E-state index in [0.29, 0.717) is 34.4 Å². The lowest BCUT2D eigenvalue weighted by atomic mass is 9.45. The van der Waals surface area contributed by atoms with Crippen LogP contribution >= 0.6 is 0 Å². The standard InChI is InChI=1S/C25H32FN5O3/c1-13-18-9-17(25(18,4)5)10-19(13)30-20-11-28-31(24(34)23(20)15(3)32)12-22(33)29-14(2)16-6-7-27-21(26)8-16/h6-8,11,13-14,17-19,30H,9-10,12H2,1-5H3,(H,29,33)/t13-,14-,17+,18-,19-/m1/s1. The van der Waals surface area contributed by atoms with Crippen molar-refractivity contribution in [3.63, 3.8) is 0 Å². The average molecular weight is 470 g/mol. The van der Waals surface area contributed by atoms with Gasteiger partial charge in [-0.25, -0.2) is 9.67 Å². The summed E-state index contributed by atoms with van der Waals surface area (Å²) < 4.78 is 14.3. The van der Waals surface area contributed by atoms with Gasteiger partial charge in [0.15, 0.2) is 5.78 Å². The van der Waals surface area contributed by atoms with Crippen LogP contribution in [0.15, 0.2) is 29.3 Å². The van der Waals surface area contributed by atoms with Crippen LogP contribution in [0.3, 0.4) is 0 Å². The van der Waals surface area contributed by atoms with E-state index in [1.807, 2.05) is 0 Å². The van der Waals surface area contributed by atoms with Gasteiger partial charge in [-0.15, -0.1) is 0 Å². The number of hydrogen-bond acceptors (Lipinski definition) is 6. The molecule has 2 N–H and O–H groups in total. The Bertz CT molecular complexity index is 1180. The number of Topliss-reactive ketones (excluding diaryl/α,β-unsaturated/α-hetero) is 1. The van der Waals surface area contributed by atoms with Gasteiger partial charge in [0, 0.05) is 12.2 Å². The summed E-state index contributed by atoms with van der Waals surface area (Å²) in [7, 11) is 0. The number of ketones is 1. The predicted octanol–water partition coefficient (Wildman–Crippen LogP) is 3.34. The Morgan fingerprint density at radius 3 is 2.68 bits per heavy atom. The quantitative estimate of drug-likeness (QED) is 0.476. The number of nitrogens with one attached hydrogen (secondary N) is 2. The molecule has 1 amide bonds. The number of carbonyl (C=O) groups excluding carboxylic acids is 2. The Morgan fingerprint density at radius 2 is 2.06 bits per heavy atom. The number of aromatic nitrogens is 3. The van der Waals surface area contributed by atoms with Gasteiger partial charge in [0.2, 0.25) is 11.9 Å². The highest BCUT2D eigenvalue weighted by Crippen LogP contribution is 2.61. The number of anilines is 1. The highest BCUT2D eigenvalue weighted by molar-refractivity contribution is 5.99. The van der Waals surface area contributed by atoms with E-state index in [9.17, 15) is 18.8 Å². The fourth-order valence-electron chi connectivity index (χ4n) is 5.78. The fourth-order valence-corrected chi connectivity index (χ4v) is 5.78. The zero-order valence-electron chi connectivity index (χ0n) is 20.3. The Hall–Kier alpha value is -3.10. The van der Waals surface area contributed by atoms with Crippen LogP contribution in [0.5, 0.6) is 0 Å². The third-order valence-electron chi connectivity index (χ3n) is 8.01. The van der Waals surface area contributed by atoms with E-state index in [1.165, 1.54) is 31.8 Å². The van der Waals surface area contributed by atoms with Gasteiger partial charge in [-0.05, 0) is 67.6 Å². The molecule has 9 heteroatoms. The monoisotopic (exact) mass is 469 g/mol. The maximum atomic E-state index is 13.4. The summed E-state index contributed by atoms with van der Waals surface area (Å²) in [6.07, 6.45) is 5.00. The van der Waals surface area contributed by atoms with Gasteiger partial charge in [-0.1, -0.05) is 20.8 Å². The Balaban J connectivity index is 1.49.